The number of amides is 1. The number of carbonyl (C=O) groups excluding carboxylic acids is 1. The van der Waals surface area contributed by atoms with Crippen molar-refractivity contribution < 1.29 is 4.79 Å². The molecule has 0 aliphatic carbocycles. The van der Waals surface area contributed by atoms with Crippen LogP contribution in [0.3, 0.4) is 0 Å². The lowest BCUT2D eigenvalue weighted by atomic mass is 10.0. The van der Waals surface area contributed by atoms with Gasteiger partial charge < -0.3 is 9.88 Å². The van der Waals surface area contributed by atoms with Gasteiger partial charge in [0.05, 0.1) is 11.0 Å². The first-order chi connectivity index (χ1) is 12.2. The van der Waals surface area contributed by atoms with E-state index < -0.39 is 0 Å². The van der Waals surface area contributed by atoms with Gasteiger partial charge in [0.15, 0.2) is 0 Å². The highest BCUT2D eigenvalue weighted by atomic mass is 16.1. The van der Waals surface area contributed by atoms with Gasteiger partial charge in [-0.1, -0.05) is 56.3 Å². The first-order valence-corrected chi connectivity index (χ1v) is 9.03. The van der Waals surface area contributed by atoms with Crippen molar-refractivity contribution in [3.8, 4) is 11.4 Å². The lowest BCUT2D eigenvalue weighted by molar-refractivity contribution is -0.125. The van der Waals surface area contributed by atoms with Gasteiger partial charge in [-0.25, -0.2) is 4.98 Å². The Kier molecular flexibility index (Phi) is 5.49. The van der Waals surface area contributed by atoms with E-state index >= 15 is 0 Å². The van der Waals surface area contributed by atoms with Crippen molar-refractivity contribution in [2.75, 3.05) is 6.54 Å². The van der Waals surface area contributed by atoms with E-state index in [9.17, 15) is 4.79 Å². The third-order valence-electron chi connectivity index (χ3n) is 4.68. The number of carbonyl (C=O) groups is 1. The number of hydrogen-bond acceptors (Lipinski definition) is 2. The van der Waals surface area contributed by atoms with Crippen LogP contribution >= 0.6 is 0 Å². The highest BCUT2D eigenvalue weighted by Crippen LogP contribution is 2.24. The van der Waals surface area contributed by atoms with Crippen LogP contribution in [-0.4, -0.2) is 22.0 Å². The van der Waals surface area contributed by atoms with Crippen LogP contribution in [0.5, 0.6) is 0 Å². The molecule has 0 saturated carbocycles. The third kappa shape index (κ3) is 3.73. The van der Waals surface area contributed by atoms with Crippen LogP contribution in [-0.2, 0) is 11.3 Å². The van der Waals surface area contributed by atoms with Gasteiger partial charge in [0.25, 0.3) is 0 Å². The zero-order chi connectivity index (χ0) is 17.6. The van der Waals surface area contributed by atoms with E-state index in [-0.39, 0.29) is 11.8 Å². The van der Waals surface area contributed by atoms with Gasteiger partial charge >= 0.3 is 0 Å². The summed E-state index contributed by atoms with van der Waals surface area (Å²) in [4.78, 5) is 17.0. The summed E-state index contributed by atoms with van der Waals surface area (Å²) in [7, 11) is 0. The number of hydrogen-bond donors (Lipinski definition) is 1. The summed E-state index contributed by atoms with van der Waals surface area (Å²) < 4.78 is 2.19. The Balaban J connectivity index is 1.84. The van der Waals surface area contributed by atoms with E-state index in [2.05, 4.69) is 41.9 Å². The van der Waals surface area contributed by atoms with Gasteiger partial charge in [-0.05, 0) is 25.0 Å². The van der Waals surface area contributed by atoms with Crippen molar-refractivity contribution in [1.29, 1.82) is 0 Å². The lowest BCUT2D eigenvalue weighted by Crippen LogP contribution is -2.32. The fraction of sp³-hybridized carbons (Fsp3) is 0.333. The van der Waals surface area contributed by atoms with Crippen molar-refractivity contribution >= 4 is 16.9 Å². The van der Waals surface area contributed by atoms with Crippen molar-refractivity contribution in [3.63, 3.8) is 0 Å². The Morgan fingerprint density at radius 2 is 1.72 bits per heavy atom. The van der Waals surface area contributed by atoms with Crippen molar-refractivity contribution in [3.05, 3.63) is 54.6 Å². The maximum atomic E-state index is 12.2. The van der Waals surface area contributed by atoms with Gasteiger partial charge in [-0.3, -0.25) is 4.79 Å². The molecule has 4 nitrogen and oxygen atoms in total. The molecule has 3 rings (SSSR count). The molecule has 1 amide bonds. The van der Waals surface area contributed by atoms with Crippen LogP contribution in [0.1, 0.15) is 26.7 Å². The Bertz CT molecular complexity index is 835. The molecule has 0 atom stereocenters. The minimum absolute atomic E-state index is 0.105. The van der Waals surface area contributed by atoms with Crippen molar-refractivity contribution in [2.24, 2.45) is 5.92 Å². The fourth-order valence-corrected chi connectivity index (χ4v) is 3.20. The molecule has 0 aliphatic rings. The second-order valence-corrected chi connectivity index (χ2v) is 6.25. The monoisotopic (exact) mass is 335 g/mol. The third-order valence-corrected chi connectivity index (χ3v) is 4.68. The second kappa shape index (κ2) is 7.97. The number of fused-ring (bicyclic) bond motifs is 1. The average molecular weight is 335 g/mol. The van der Waals surface area contributed by atoms with E-state index in [4.69, 9.17) is 4.98 Å². The fourth-order valence-electron chi connectivity index (χ4n) is 3.20. The summed E-state index contributed by atoms with van der Waals surface area (Å²) in [5, 5.41) is 3.08. The van der Waals surface area contributed by atoms with E-state index in [0.29, 0.717) is 13.1 Å². The van der Waals surface area contributed by atoms with Crippen LogP contribution in [0.15, 0.2) is 54.6 Å². The molecule has 0 unspecified atom stereocenters. The minimum Gasteiger partial charge on any atom is -0.354 e. The summed E-state index contributed by atoms with van der Waals surface area (Å²) >= 11 is 0. The topological polar surface area (TPSA) is 46.9 Å². The number of imidazole rings is 1. The quantitative estimate of drug-likeness (QED) is 0.701. The first kappa shape index (κ1) is 17.2. The molecule has 1 heterocycles. The lowest BCUT2D eigenvalue weighted by Gasteiger charge is -2.14. The molecule has 0 bridgehead atoms. The molecule has 130 valence electrons. The Labute approximate surface area is 148 Å². The largest absolute Gasteiger partial charge is 0.354 e. The van der Waals surface area contributed by atoms with E-state index in [1.807, 2.05) is 36.4 Å². The zero-order valence-electron chi connectivity index (χ0n) is 14.9. The Morgan fingerprint density at radius 3 is 2.44 bits per heavy atom. The second-order valence-electron chi connectivity index (χ2n) is 6.25. The zero-order valence-corrected chi connectivity index (χ0v) is 14.9. The number of benzene rings is 2. The summed E-state index contributed by atoms with van der Waals surface area (Å²) in [5.41, 5.74) is 3.16. The number of aromatic nitrogens is 2. The molecule has 3 aromatic rings. The molecule has 0 fully saturated rings. The molecule has 2 aromatic carbocycles. The molecule has 4 heteroatoms. The minimum atomic E-state index is 0.105. The average Bonchev–Trinajstić information content (AvgIpc) is 3.02. The summed E-state index contributed by atoms with van der Waals surface area (Å²) in [6, 6.07) is 18.3. The molecular formula is C21H25N3O. The molecular weight excluding hydrogens is 310 g/mol. The summed E-state index contributed by atoms with van der Waals surface area (Å²) in [5.74, 6) is 1.20. The first-order valence-electron chi connectivity index (χ1n) is 9.03. The SMILES string of the molecule is CCC(CC)C(=O)NCCn1c(-c2ccccc2)nc2ccccc21. The highest BCUT2D eigenvalue weighted by molar-refractivity contribution is 5.81. The van der Waals surface area contributed by atoms with Crippen LogP contribution in [0.25, 0.3) is 22.4 Å². The van der Waals surface area contributed by atoms with Crippen LogP contribution in [0.4, 0.5) is 0 Å². The molecule has 1 N–H and O–H groups in total. The van der Waals surface area contributed by atoms with Gasteiger partial charge in [0.1, 0.15) is 5.82 Å². The smallest absolute Gasteiger partial charge is 0.223 e. The number of rotatable bonds is 7. The highest BCUT2D eigenvalue weighted by Gasteiger charge is 2.15. The molecule has 0 spiro atoms. The Morgan fingerprint density at radius 1 is 1.04 bits per heavy atom. The van der Waals surface area contributed by atoms with Gasteiger partial charge in [0.2, 0.25) is 5.91 Å². The van der Waals surface area contributed by atoms with Gasteiger partial charge in [0, 0.05) is 24.6 Å². The standard InChI is InChI=1S/C21H25N3O/c1-3-16(4-2)21(25)22-14-15-24-19-13-9-8-12-18(19)23-20(24)17-10-6-5-7-11-17/h5-13,16H,3-4,14-15H2,1-2H3,(H,22,25). The molecule has 0 saturated heterocycles. The maximum absolute atomic E-state index is 12.2. The van der Waals surface area contributed by atoms with E-state index in [0.717, 1.165) is 35.3 Å². The van der Waals surface area contributed by atoms with E-state index in [1.54, 1.807) is 0 Å². The predicted octanol–water partition coefficient (Wildman–Crippen LogP) is 4.26. The van der Waals surface area contributed by atoms with Crippen molar-refractivity contribution in [1.82, 2.24) is 14.9 Å². The van der Waals surface area contributed by atoms with Crippen LogP contribution < -0.4 is 5.32 Å². The number of para-hydroxylation sites is 2. The normalized spacial score (nSPS) is 11.2. The molecule has 25 heavy (non-hydrogen) atoms. The number of nitrogens with one attached hydrogen (secondary N) is 1. The molecule has 0 radical (unpaired) electrons. The maximum Gasteiger partial charge on any atom is 0.223 e. The predicted molar refractivity (Wildman–Crippen MR) is 102 cm³/mol. The van der Waals surface area contributed by atoms with E-state index in [1.165, 1.54) is 0 Å². The Hall–Kier alpha value is -2.62. The van der Waals surface area contributed by atoms with Crippen molar-refractivity contribution in [2.45, 2.75) is 33.2 Å². The van der Waals surface area contributed by atoms with Gasteiger partial charge in [-0.2, -0.15) is 0 Å². The number of nitrogens with zero attached hydrogens (tertiary/aromatic N) is 2. The van der Waals surface area contributed by atoms with Crippen LogP contribution in [0.2, 0.25) is 0 Å². The summed E-state index contributed by atoms with van der Waals surface area (Å²) in [6.45, 7) is 5.43. The molecule has 1 aromatic heterocycles. The van der Waals surface area contributed by atoms with Gasteiger partial charge in [-0.15, -0.1) is 0 Å². The summed E-state index contributed by atoms with van der Waals surface area (Å²) in [6.07, 6.45) is 1.76. The van der Waals surface area contributed by atoms with Crippen LogP contribution in [0, 0.1) is 5.92 Å². The molecule has 0 aliphatic heterocycles.